The fraction of sp³-hybridized carbons (Fsp3) is 0.222. The number of methoxy groups -OCH3 is 1. The summed E-state index contributed by atoms with van der Waals surface area (Å²) in [7, 11) is 3.45. The van der Waals surface area contributed by atoms with Crippen molar-refractivity contribution < 1.29 is 9.53 Å². The van der Waals surface area contributed by atoms with Crippen LogP contribution >= 0.6 is 11.8 Å². The van der Waals surface area contributed by atoms with Gasteiger partial charge < -0.3 is 9.64 Å². The van der Waals surface area contributed by atoms with Crippen molar-refractivity contribution in [3.8, 4) is 5.75 Å². The van der Waals surface area contributed by atoms with Crippen LogP contribution in [0.5, 0.6) is 5.75 Å². The number of hydrogen-bond donors (Lipinski definition) is 0. The molecule has 1 aromatic carbocycles. The van der Waals surface area contributed by atoms with E-state index in [1.807, 2.05) is 66.3 Å². The van der Waals surface area contributed by atoms with Crippen molar-refractivity contribution in [2.75, 3.05) is 19.9 Å². The number of thioether (sulfide) groups is 1. The number of ether oxygens (including phenoxy) is 1. The molecule has 0 bridgehead atoms. The summed E-state index contributed by atoms with van der Waals surface area (Å²) in [6, 6.07) is 13.7. The summed E-state index contributed by atoms with van der Waals surface area (Å²) in [6.45, 7) is 0.554. The van der Waals surface area contributed by atoms with Crippen LogP contribution in [0, 0.1) is 0 Å². The fourth-order valence-corrected chi connectivity index (χ4v) is 3.30. The van der Waals surface area contributed by atoms with Gasteiger partial charge in [-0.05, 0) is 29.8 Å². The predicted molar refractivity (Wildman–Crippen MR) is 95.4 cm³/mol. The molecule has 3 aromatic rings. The van der Waals surface area contributed by atoms with E-state index in [1.54, 1.807) is 12.0 Å². The number of benzene rings is 1. The Morgan fingerprint density at radius 2 is 2.17 bits per heavy atom. The van der Waals surface area contributed by atoms with Gasteiger partial charge in [0.1, 0.15) is 5.75 Å². The molecule has 124 valence electrons. The average molecular weight is 341 g/mol. The van der Waals surface area contributed by atoms with E-state index in [4.69, 9.17) is 4.74 Å². The lowest BCUT2D eigenvalue weighted by molar-refractivity contribution is -0.127. The van der Waals surface area contributed by atoms with E-state index < -0.39 is 0 Å². The molecule has 2 aromatic heterocycles. The molecule has 0 radical (unpaired) electrons. The van der Waals surface area contributed by atoms with Crippen LogP contribution in [-0.2, 0) is 11.3 Å². The third-order valence-electron chi connectivity index (χ3n) is 3.71. The maximum absolute atomic E-state index is 12.4. The van der Waals surface area contributed by atoms with E-state index in [2.05, 4.69) is 4.98 Å². The first-order chi connectivity index (χ1) is 11.7. The molecule has 3 rings (SSSR count). The molecule has 2 heterocycles. The lowest BCUT2D eigenvalue weighted by atomic mass is 10.2. The maximum atomic E-state index is 12.4. The molecule has 1 amide bonds. The lowest BCUT2D eigenvalue weighted by Crippen LogP contribution is -2.27. The second-order valence-corrected chi connectivity index (χ2v) is 6.37. The summed E-state index contributed by atoms with van der Waals surface area (Å²) in [5.41, 5.74) is 2.07. The normalized spacial score (nSPS) is 10.8. The Labute approximate surface area is 145 Å². The molecule has 0 atom stereocenters. The molecule has 0 unspecified atom stereocenters. The van der Waals surface area contributed by atoms with E-state index in [-0.39, 0.29) is 5.91 Å². The van der Waals surface area contributed by atoms with Crippen LogP contribution in [0.3, 0.4) is 0 Å². The number of hydrogen-bond acceptors (Lipinski definition) is 4. The number of fused-ring (bicyclic) bond motifs is 1. The minimum Gasteiger partial charge on any atom is -0.497 e. The molecule has 0 spiro atoms. The van der Waals surface area contributed by atoms with Gasteiger partial charge in [-0.25, -0.2) is 4.98 Å². The van der Waals surface area contributed by atoms with Crippen molar-refractivity contribution in [2.45, 2.75) is 11.7 Å². The van der Waals surface area contributed by atoms with Gasteiger partial charge in [0.15, 0.2) is 5.16 Å². The highest BCUT2D eigenvalue weighted by Crippen LogP contribution is 2.19. The van der Waals surface area contributed by atoms with Gasteiger partial charge in [-0.2, -0.15) is 0 Å². The number of carbonyl (C=O) groups is 1. The quantitative estimate of drug-likeness (QED) is 0.647. The molecule has 0 aliphatic carbocycles. The Morgan fingerprint density at radius 1 is 1.29 bits per heavy atom. The molecule has 0 saturated carbocycles. The third kappa shape index (κ3) is 3.71. The summed E-state index contributed by atoms with van der Waals surface area (Å²) in [6.07, 6.45) is 3.77. The zero-order valence-corrected chi connectivity index (χ0v) is 14.5. The average Bonchev–Trinajstić information content (AvgIpc) is 3.03. The van der Waals surface area contributed by atoms with Crippen LogP contribution in [0.4, 0.5) is 0 Å². The second kappa shape index (κ2) is 7.40. The first-order valence-corrected chi connectivity index (χ1v) is 8.57. The van der Waals surface area contributed by atoms with Gasteiger partial charge in [-0.3, -0.25) is 9.20 Å². The molecule has 0 aliphatic heterocycles. The monoisotopic (exact) mass is 341 g/mol. The third-order valence-corrected chi connectivity index (χ3v) is 4.66. The number of imidazole rings is 1. The van der Waals surface area contributed by atoms with E-state index in [0.717, 1.165) is 22.0 Å². The molecular weight excluding hydrogens is 322 g/mol. The second-order valence-electron chi connectivity index (χ2n) is 5.43. The minimum absolute atomic E-state index is 0.0653. The summed E-state index contributed by atoms with van der Waals surface area (Å²) in [4.78, 5) is 18.5. The summed E-state index contributed by atoms with van der Waals surface area (Å²) < 4.78 is 7.20. The SMILES string of the molecule is COc1cccc(CN(C)C(=O)CSc2ncc3ccccn23)c1. The van der Waals surface area contributed by atoms with Crippen molar-refractivity contribution in [1.82, 2.24) is 14.3 Å². The smallest absolute Gasteiger partial charge is 0.233 e. The van der Waals surface area contributed by atoms with Crippen LogP contribution in [-0.4, -0.2) is 40.1 Å². The molecule has 0 fully saturated rings. The van der Waals surface area contributed by atoms with E-state index >= 15 is 0 Å². The largest absolute Gasteiger partial charge is 0.497 e. The van der Waals surface area contributed by atoms with E-state index in [0.29, 0.717) is 12.3 Å². The Morgan fingerprint density at radius 3 is 3.00 bits per heavy atom. The Hall–Kier alpha value is -2.47. The molecule has 0 saturated heterocycles. The van der Waals surface area contributed by atoms with E-state index in [9.17, 15) is 4.79 Å². The van der Waals surface area contributed by atoms with Gasteiger partial charge in [0.2, 0.25) is 5.91 Å². The molecule has 5 nitrogen and oxygen atoms in total. The van der Waals surface area contributed by atoms with Crippen molar-refractivity contribution in [1.29, 1.82) is 0 Å². The van der Waals surface area contributed by atoms with Crippen LogP contribution in [0.15, 0.2) is 60.0 Å². The van der Waals surface area contributed by atoms with Gasteiger partial charge in [0.05, 0.1) is 24.6 Å². The van der Waals surface area contributed by atoms with Crippen molar-refractivity contribution in [3.63, 3.8) is 0 Å². The number of pyridine rings is 1. The van der Waals surface area contributed by atoms with Crippen LogP contribution < -0.4 is 4.74 Å². The highest BCUT2D eigenvalue weighted by atomic mass is 32.2. The van der Waals surface area contributed by atoms with Gasteiger partial charge in [0, 0.05) is 19.8 Å². The van der Waals surface area contributed by atoms with Gasteiger partial charge in [0.25, 0.3) is 0 Å². The number of nitrogens with zero attached hydrogens (tertiary/aromatic N) is 3. The van der Waals surface area contributed by atoms with Gasteiger partial charge >= 0.3 is 0 Å². The number of amides is 1. The first-order valence-electron chi connectivity index (χ1n) is 7.59. The standard InChI is InChI=1S/C18H19N3O2S/c1-20(12-14-6-5-8-16(10-14)23-2)17(22)13-24-18-19-11-15-7-3-4-9-21(15)18/h3-11H,12-13H2,1-2H3. The molecule has 6 heteroatoms. The van der Waals surface area contributed by atoms with Crippen molar-refractivity contribution in [2.24, 2.45) is 0 Å². The van der Waals surface area contributed by atoms with E-state index in [1.165, 1.54) is 11.8 Å². The Balaban J connectivity index is 1.60. The summed E-state index contributed by atoms with van der Waals surface area (Å²) >= 11 is 1.45. The van der Waals surface area contributed by atoms with Gasteiger partial charge in [-0.15, -0.1) is 0 Å². The topological polar surface area (TPSA) is 46.8 Å². The highest BCUT2D eigenvalue weighted by Gasteiger charge is 2.12. The van der Waals surface area contributed by atoms with Crippen molar-refractivity contribution in [3.05, 3.63) is 60.4 Å². The van der Waals surface area contributed by atoms with Crippen LogP contribution in [0.1, 0.15) is 5.56 Å². The molecular formula is C18H19N3O2S. The summed E-state index contributed by atoms with van der Waals surface area (Å²) in [5.74, 6) is 1.22. The zero-order chi connectivity index (χ0) is 16.9. The fourth-order valence-electron chi connectivity index (χ4n) is 2.40. The Kier molecular flexibility index (Phi) is 5.05. The number of carbonyl (C=O) groups excluding carboxylic acids is 1. The molecule has 24 heavy (non-hydrogen) atoms. The van der Waals surface area contributed by atoms with Gasteiger partial charge in [-0.1, -0.05) is 30.0 Å². The molecule has 0 N–H and O–H groups in total. The zero-order valence-electron chi connectivity index (χ0n) is 13.7. The summed E-state index contributed by atoms with van der Waals surface area (Å²) in [5, 5.41) is 0.828. The minimum atomic E-state index is 0.0653. The van der Waals surface area contributed by atoms with Crippen LogP contribution in [0.25, 0.3) is 5.52 Å². The predicted octanol–water partition coefficient (Wildman–Crippen LogP) is 3.09. The first kappa shape index (κ1) is 16.4. The molecule has 0 aliphatic rings. The maximum Gasteiger partial charge on any atom is 0.233 e. The number of rotatable bonds is 6. The lowest BCUT2D eigenvalue weighted by Gasteiger charge is -2.17. The number of aromatic nitrogens is 2. The Bertz CT molecular complexity index is 847. The van der Waals surface area contributed by atoms with Crippen LogP contribution in [0.2, 0.25) is 0 Å². The highest BCUT2D eigenvalue weighted by molar-refractivity contribution is 7.99. The van der Waals surface area contributed by atoms with Crippen molar-refractivity contribution >= 4 is 23.2 Å².